The molecular weight excluding hydrogens is 488 g/mol. The summed E-state index contributed by atoms with van der Waals surface area (Å²) in [7, 11) is 5.67. The zero-order valence-electron chi connectivity index (χ0n) is 23.8. The van der Waals surface area contributed by atoms with Gasteiger partial charge in [-0.1, -0.05) is 6.07 Å². The first-order valence-corrected chi connectivity index (χ1v) is 14.1. The van der Waals surface area contributed by atoms with Crippen molar-refractivity contribution >= 4 is 17.3 Å². The molecule has 2 aliphatic rings. The molecule has 0 aliphatic carbocycles. The molecule has 0 unspecified atom stereocenters. The lowest BCUT2D eigenvalue weighted by Gasteiger charge is -2.42. The van der Waals surface area contributed by atoms with Crippen molar-refractivity contribution in [2.24, 2.45) is 0 Å². The number of rotatable bonds is 9. The van der Waals surface area contributed by atoms with E-state index in [0.717, 1.165) is 54.4 Å². The Balaban J connectivity index is 1.15. The second-order valence-electron chi connectivity index (χ2n) is 10.8. The van der Waals surface area contributed by atoms with E-state index < -0.39 is 0 Å². The number of ether oxygens (including phenoxy) is 2. The van der Waals surface area contributed by atoms with Crippen molar-refractivity contribution in [3.8, 4) is 11.5 Å². The van der Waals surface area contributed by atoms with Crippen LogP contribution >= 0.6 is 0 Å². The lowest BCUT2D eigenvalue weighted by atomic mass is 10.0. The van der Waals surface area contributed by atoms with Crippen LogP contribution in [0, 0.1) is 6.92 Å². The van der Waals surface area contributed by atoms with Gasteiger partial charge in [-0.2, -0.15) is 0 Å². The maximum Gasteiger partial charge on any atom is 0.227 e. The average molecular weight is 531 g/mol. The van der Waals surface area contributed by atoms with E-state index in [1.807, 2.05) is 24.5 Å². The van der Waals surface area contributed by atoms with E-state index in [4.69, 9.17) is 9.47 Å². The van der Waals surface area contributed by atoms with Crippen molar-refractivity contribution in [3.05, 3.63) is 65.5 Å². The Labute approximate surface area is 233 Å². The first-order chi connectivity index (χ1) is 19.0. The third kappa shape index (κ3) is 6.99. The number of methoxy groups -OCH3 is 2. The highest BCUT2D eigenvalue weighted by Crippen LogP contribution is 2.34. The molecule has 0 saturated carbocycles. The van der Waals surface area contributed by atoms with Crippen molar-refractivity contribution in [1.82, 2.24) is 19.8 Å². The minimum Gasteiger partial charge on any atom is -0.497 e. The number of piperidine rings is 1. The molecule has 5 rings (SSSR count). The Morgan fingerprint density at radius 3 is 2.26 bits per heavy atom. The fourth-order valence-electron chi connectivity index (χ4n) is 5.73. The van der Waals surface area contributed by atoms with Crippen LogP contribution in [-0.2, 0) is 12.8 Å². The van der Waals surface area contributed by atoms with E-state index in [9.17, 15) is 0 Å². The lowest BCUT2D eigenvalue weighted by Crippen LogP contribution is -2.52. The molecule has 0 bridgehead atoms. The van der Waals surface area contributed by atoms with E-state index in [1.165, 1.54) is 50.1 Å². The molecule has 2 saturated heterocycles. The monoisotopic (exact) mass is 530 g/mol. The van der Waals surface area contributed by atoms with Crippen LogP contribution in [0.5, 0.6) is 11.5 Å². The highest BCUT2D eigenvalue weighted by atomic mass is 16.5. The van der Waals surface area contributed by atoms with Crippen LogP contribution in [0.2, 0.25) is 0 Å². The zero-order valence-corrected chi connectivity index (χ0v) is 23.8. The van der Waals surface area contributed by atoms with Crippen LogP contribution in [0.25, 0.3) is 0 Å². The van der Waals surface area contributed by atoms with Crippen molar-refractivity contribution < 1.29 is 9.47 Å². The second-order valence-corrected chi connectivity index (χ2v) is 10.8. The number of hydrogen-bond donors (Lipinski definition) is 1. The summed E-state index contributed by atoms with van der Waals surface area (Å²) in [6, 6.07) is 13.3. The lowest BCUT2D eigenvalue weighted by molar-refractivity contribution is 0.0981. The number of likely N-dealkylation sites (N-methyl/N-ethyl adjacent to an activating group) is 1. The molecule has 0 atom stereocenters. The number of nitrogens with one attached hydrogen (secondary N) is 1. The van der Waals surface area contributed by atoms with Crippen LogP contribution in [0.3, 0.4) is 0 Å². The fourth-order valence-corrected chi connectivity index (χ4v) is 5.73. The van der Waals surface area contributed by atoms with Gasteiger partial charge in [0.25, 0.3) is 0 Å². The minimum atomic E-state index is 0.582. The SMILES string of the molecule is COc1cc(C)cc(CCc2cnc(Nc3ccc(N4CCC(N5CCN(C)CC5)CC4)c(OC)c3)nc2)c1. The number of anilines is 3. The van der Waals surface area contributed by atoms with E-state index in [1.54, 1.807) is 14.2 Å². The van der Waals surface area contributed by atoms with Gasteiger partial charge >= 0.3 is 0 Å². The van der Waals surface area contributed by atoms with Crippen LogP contribution < -0.4 is 19.7 Å². The van der Waals surface area contributed by atoms with Crippen molar-refractivity contribution in [2.75, 3.05) is 70.8 Å². The molecule has 0 radical (unpaired) electrons. The van der Waals surface area contributed by atoms with Crippen LogP contribution in [0.4, 0.5) is 17.3 Å². The van der Waals surface area contributed by atoms with Crippen LogP contribution in [0.1, 0.15) is 29.5 Å². The molecule has 0 spiro atoms. The minimum absolute atomic E-state index is 0.582. The number of aryl methyl sites for hydroxylation is 3. The van der Waals surface area contributed by atoms with Gasteiger partial charge in [0.05, 0.1) is 19.9 Å². The Hall–Kier alpha value is -3.36. The summed E-state index contributed by atoms with van der Waals surface area (Å²) < 4.78 is 11.2. The smallest absolute Gasteiger partial charge is 0.227 e. The van der Waals surface area contributed by atoms with E-state index in [0.29, 0.717) is 12.0 Å². The Morgan fingerprint density at radius 1 is 0.846 bits per heavy atom. The Bertz CT molecular complexity index is 1220. The van der Waals surface area contributed by atoms with Gasteiger partial charge in [-0.25, -0.2) is 9.97 Å². The summed E-state index contributed by atoms with van der Waals surface area (Å²) >= 11 is 0. The molecule has 8 nitrogen and oxygen atoms in total. The molecule has 3 heterocycles. The van der Waals surface area contributed by atoms with Gasteiger partial charge in [0.2, 0.25) is 5.95 Å². The third-order valence-electron chi connectivity index (χ3n) is 8.05. The van der Waals surface area contributed by atoms with Crippen molar-refractivity contribution in [2.45, 2.75) is 38.6 Å². The highest BCUT2D eigenvalue weighted by molar-refractivity contribution is 5.67. The molecule has 39 heavy (non-hydrogen) atoms. The van der Waals surface area contributed by atoms with E-state index in [-0.39, 0.29) is 0 Å². The average Bonchev–Trinajstić information content (AvgIpc) is 2.97. The summed E-state index contributed by atoms with van der Waals surface area (Å²) in [6.07, 6.45) is 7.99. The summed E-state index contributed by atoms with van der Waals surface area (Å²) in [5.41, 5.74) is 5.64. The molecule has 1 N–H and O–H groups in total. The predicted octanol–water partition coefficient (Wildman–Crippen LogP) is 4.55. The molecule has 2 aromatic carbocycles. The van der Waals surface area contributed by atoms with Gasteiger partial charge in [0, 0.05) is 69.5 Å². The first kappa shape index (κ1) is 27.2. The Kier molecular flexibility index (Phi) is 8.84. The van der Waals surface area contributed by atoms with Gasteiger partial charge in [-0.05, 0) is 80.6 Å². The predicted molar refractivity (Wildman–Crippen MR) is 158 cm³/mol. The Morgan fingerprint density at radius 2 is 1.56 bits per heavy atom. The highest BCUT2D eigenvalue weighted by Gasteiger charge is 2.27. The normalized spacial score (nSPS) is 17.3. The number of benzene rings is 2. The van der Waals surface area contributed by atoms with Crippen LogP contribution in [0.15, 0.2) is 48.8 Å². The molecule has 0 amide bonds. The standard InChI is InChI=1S/C31H42N6O2/c1-23-17-24(19-28(18-23)38-3)5-6-25-21-32-31(33-22-25)34-26-7-8-29(30(20-26)39-4)37-11-9-27(10-12-37)36-15-13-35(2)14-16-36/h7-8,17-22,27H,5-6,9-16H2,1-4H3,(H,32,33,34). The molecule has 208 valence electrons. The molecular formula is C31H42N6O2. The van der Waals surface area contributed by atoms with Crippen molar-refractivity contribution in [1.29, 1.82) is 0 Å². The molecule has 3 aromatic rings. The summed E-state index contributed by atoms with van der Waals surface area (Å²) in [6.45, 7) is 8.94. The van der Waals surface area contributed by atoms with Crippen molar-refractivity contribution in [3.63, 3.8) is 0 Å². The number of piperazine rings is 1. The largest absolute Gasteiger partial charge is 0.497 e. The van der Waals surface area contributed by atoms with Gasteiger partial charge in [0.1, 0.15) is 11.5 Å². The van der Waals surface area contributed by atoms with Gasteiger partial charge in [-0.3, -0.25) is 4.90 Å². The maximum absolute atomic E-state index is 5.80. The molecule has 2 aliphatic heterocycles. The number of aromatic nitrogens is 2. The summed E-state index contributed by atoms with van der Waals surface area (Å²) in [5.74, 6) is 2.36. The maximum atomic E-state index is 5.80. The third-order valence-corrected chi connectivity index (χ3v) is 8.05. The summed E-state index contributed by atoms with van der Waals surface area (Å²) in [5, 5.41) is 3.34. The van der Waals surface area contributed by atoms with E-state index in [2.05, 4.69) is 68.2 Å². The summed E-state index contributed by atoms with van der Waals surface area (Å²) in [4.78, 5) is 16.7. The quantitative estimate of drug-likeness (QED) is 0.432. The van der Waals surface area contributed by atoms with Gasteiger partial charge in [-0.15, -0.1) is 0 Å². The fraction of sp³-hybridized carbons (Fsp3) is 0.484. The number of nitrogens with zero attached hydrogens (tertiary/aromatic N) is 5. The topological polar surface area (TPSA) is 66.0 Å². The van der Waals surface area contributed by atoms with Gasteiger partial charge in [0.15, 0.2) is 0 Å². The number of hydrogen-bond acceptors (Lipinski definition) is 8. The molecule has 1 aromatic heterocycles. The van der Waals surface area contributed by atoms with E-state index >= 15 is 0 Å². The zero-order chi connectivity index (χ0) is 27.2. The second kappa shape index (κ2) is 12.7. The van der Waals surface area contributed by atoms with Crippen LogP contribution in [-0.4, -0.2) is 86.3 Å². The molecule has 2 fully saturated rings. The molecule has 8 heteroatoms. The first-order valence-electron chi connectivity index (χ1n) is 14.1. The van der Waals surface area contributed by atoms with Gasteiger partial charge < -0.3 is 24.6 Å².